The molecule has 0 atom stereocenters. The second kappa shape index (κ2) is 10.5. The predicted molar refractivity (Wildman–Crippen MR) is 151 cm³/mol. The minimum Gasteiger partial charge on any atom is -0.301 e. The van der Waals surface area contributed by atoms with Gasteiger partial charge in [0.1, 0.15) is 11.7 Å². The van der Waals surface area contributed by atoms with Crippen LogP contribution in [0.2, 0.25) is 0 Å². The molecule has 8 heteroatoms. The highest BCUT2D eigenvalue weighted by atomic mass is 32.2. The molecule has 1 aliphatic rings. The zero-order valence-corrected chi connectivity index (χ0v) is 22.1. The van der Waals surface area contributed by atoms with Gasteiger partial charge in [0, 0.05) is 44.5 Å². The van der Waals surface area contributed by atoms with Crippen molar-refractivity contribution in [3.05, 3.63) is 115 Å². The lowest BCUT2D eigenvalue weighted by molar-refractivity contribution is 0.180. The maximum atomic E-state index is 13.3. The lowest BCUT2D eigenvalue weighted by Crippen LogP contribution is -2.48. The van der Waals surface area contributed by atoms with E-state index in [4.69, 9.17) is 4.98 Å². The predicted octanol–water partition coefficient (Wildman–Crippen LogP) is 5.05. The van der Waals surface area contributed by atoms with Crippen LogP contribution in [-0.4, -0.2) is 53.2 Å². The summed E-state index contributed by atoms with van der Waals surface area (Å²) >= 11 is 0. The first-order valence-electron chi connectivity index (χ1n) is 12.9. The summed E-state index contributed by atoms with van der Waals surface area (Å²) in [6.07, 6.45) is 2.14. The number of fused-ring (bicyclic) bond motifs is 1. The first-order valence-corrected chi connectivity index (χ1v) is 14.3. The molecule has 1 fully saturated rings. The van der Waals surface area contributed by atoms with Crippen molar-refractivity contribution in [3.8, 4) is 28.5 Å². The van der Waals surface area contributed by atoms with E-state index in [1.54, 1.807) is 18.2 Å². The summed E-state index contributed by atoms with van der Waals surface area (Å²) in [5.74, 6) is 0. The third-order valence-corrected chi connectivity index (χ3v) is 9.16. The summed E-state index contributed by atoms with van der Waals surface area (Å²) < 4.78 is 30.3. The van der Waals surface area contributed by atoms with Crippen LogP contribution < -0.4 is 0 Å². The number of rotatable bonds is 6. The minimum absolute atomic E-state index is 0.0718. The van der Waals surface area contributed by atoms with Crippen LogP contribution in [0, 0.1) is 11.3 Å². The summed E-state index contributed by atoms with van der Waals surface area (Å²) in [6.45, 7) is 2.50. The molecule has 0 spiro atoms. The summed E-state index contributed by atoms with van der Waals surface area (Å²) in [7, 11) is -3.75. The zero-order chi connectivity index (χ0) is 26.8. The van der Waals surface area contributed by atoms with Crippen molar-refractivity contribution >= 4 is 15.7 Å². The summed E-state index contributed by atoms with van der Waals surface area (Å²) in [5, 5.41) is 9.42. The number of nitrogens with zero attached hydrogens (tertiary/aromatic N) is 5. The molecule has 7 nitrogen and oxygen atoms in total. The van der Waals surface area contributed by atoms with Gasteiger partial charge in [-0.15, -0.1) is 0 Å². The van der Waals surface area contributed by atoms with Gasteiger partial charge in [0.15, 0.2) is 0 Å². The number of pyridine rings is 1. The Hall–Kier alpha value is -4.29. The van der Waals surface area contributed by atoms with Gasteiger partial charge in [0.05, 0.1) is 21.8 Å². The molecule has 194 valence electrons. The quantitative estimate of drug-likeness (QED) is 0.305. The molecule has 0 unspecified atom stereocenters. The smallest absolute Gasteiger partial charge is 0.244 e. The summed E-state index contributed by atoms with van der Waals surface area (Å²) in [5.41, 5.74) is 6.33. The van der Waals surface area contributed by atoms with Gasteiger partial charge in [-0.2, -0.15) is 9.57 Å². The highest BCUT2D eigenvalue weighted by Gasteiger charge is 2.31. The second-order valence-corrected chi connectivity index (χ2v) is 11.5. The fourth-order valence-electron chi connectivity index (χ4n) is 5.14. The van der Waals surface area contributed by atoms with Gasteiger partial charge in [-0.1, -0.05) is 72.8 Å². The van der Waals surface area contributed by atoms with Crippen LogP contribution in [0.4, 0.5) is 0 Å². The largest absolute Gasteiger partial charge is 0.301 e. The van der Waals surface area contributed by atoms with Gasteiger partial charge < -0.3 is 4.40 Å². The van der Waals surface area contributed by atoms with Crippen molar-refractivity contribution in [2.45, 2.75) is 11.4 Å². The molecule has 3 aromatic carbocycles. The van der Waals surface area contributed by atoms with Crippen LogP contribution in [-0.2, 0) is 16.6 Å². The van der Waals surface area contributed by atoms with Crippen molar-refractivity contribution in [2.24, 2.45) is 0 Å². The first-order chi connectivity index (χ1) is 19.0. The standard InChI is InChI=1S/C31H27N5O2S/c32-21-26-13-7-8-14-29(26)39(37,38)35-19-17-34(18-20-35)23-28-31(25-11-5-2-6-12-25)33-30-16-15-27(22-36(28)30)24-9-3-1-4-10-24/h1-16,22H,17-20,23H2. The van der Waals surface area contributed by atoms with E-state index in [9.17, 15) is 13.7 Å². The molecule has 0 aliphatic carbocycles. The fourth-order valence-corrected chi connectivity index (χ4v) is 6.70. The molecule has 2 aromatic heterocycles. The van der Waals surface area contributed by atoms with Crippen molar-refractivity contribution in [2.75, 3.05) is 26.2 Å². The van der Waals surface area contributed by atoms with E-state index in [-0.39, 0.29) is 10.5 Å². The Balaban J connectivity index is 1.30. The Morgan fingerprint density at radius 3 is 2.08 bits per heavy atom. The van der Waals surface area contributed by atoms with Crippen molar-refractivity contribution in [3.63, 3.8) is 0 Å². The van der Waals surface area contributed by atoms with Crippen molar-refractivity contribution in [1.29, 1.82) is 5.26 Å². The van der Waals surface area contributed by atoms with Crippen LogP contribution in [0.15, 0.2) is 108 Å². The van der Waals surface area contributed by atoms with Crippen molar-refractivity contribution in [1.82, 2.24) is 18.6 Å². The molecular formula is C31H27N5O2S. The second-order valence-electron chi connectivity index (χ2n) is 9.57. The average Bonchev–Trinajstić information content (AvgIpc) is 3.35. The number of hydrogen-bond acceptors (Lipinski definition) is 5. The molecule has 0 amide bonds. The summed E-state index contributed by atoms with van der Waals surface area (Å²) in [4.78, 5) is 7.34. The van der Waals surface area contributed by atoms with E-state index in [2.05, 4.69) is 51.9 Å². The zero-order valence-electron chi connectivity index (χ0n) is 21.3. The average molecular weight is 534 g/mol. The van der Waals surface area contributed by atoms with Gasteiger partial charge in [-0.05, 0) is 35.4 Å². The Morgan fingerprint density at radius 2 is 1.38 bits per heavy atom. The van der Waals surface area contributed by atoms with Gasteiger partial charge in [-0.3, -0.25) is 4.90 Å². The molecule has 3 heterocycles. The first kappa shape index (κ1) is 25.0. The van der Waals surface area contributed by atoms with Crippen LogP contribution in [0.5, 0.6) is 0 Å². The highest BCUT2D eigenvalue weighted by molar-refractivity contribution is 7.89. The number of hydrogen-bond donors (Lipinski definition) is 0. The van der Waals surface area contributed by atoms with E-state index in [0.29, 0.717) is 32.7 Å². The van der Waals surface area contributed by atoms with Gasteiger partial charge in [-0.25, -0.2) is 13.4 Å². The van der Waals surface area contributed by atoms with E-state index in [1.807, 2.05) is 42.5 Å². The third kappa shape index (κ3) is 4.84. The summed E-state index contributed by atoms with van der Waals surface area (Å²) in [6, 6.07) is 33.0. The van der Waals surface area contributed by atoms with E-state index in [0.717, 1.165) is 33.7 Å². The van der Waals surface area contributed by atoms with Crippen molar-refractivity contribution < 1.29 is 8.42 Å². The number of nitriles is 1. The monoisotopic (exact) mass is 533 g/mol. The number of aromatic nitrogens is 2. The minimum atomic E-state index is -3.75. The van der Waals surface area contributed by atoms with Gasteiger partial charge >= 0.3 is 0 Å². The molecule has 39 heavy (non-hydrogen) atoms. The Morgan fingerprint density at radius 1 is 0.744 bits per heavy atom. The van der Waals surface area contributed by atoms with E-state index >= 15 is 0 Å². The van der Waals surface area contributed by atoms with E-state index < -0.39 is 10.0 Å². The Kier molecular flexibility index (Phi) is 6.71. The molecule has 5 aromatic rings. The molecule has 1 saturated heterocycles. The van der Waals surface area contributed by atoms with E-state index in [1.165, 1.54) is 10.4 Å². The molecule has 1 aliphatic heterocycles. The number of benzene rings is 3. The van der Waals surface area contributed by atoms with Crippen LogP contribution in [0.1, 0.15) is 11.3 Å². The number of imidazole rings is 1. The molecule has 0 N–H and O–H groups in total. The van der Waals surface area contributed by atoms with Gasteiger partial charge in [0.2, 0.25) is 10.0 Å². The lowest BCUT2D eigenvalue weighted by atomic mass is 10.1. The Bertz CT molecular complexity index is 1770. The Labute approximate surface area is 228 Å². The number of sulfonamides is 1. The highest BCUT2D eigenvalue weighted by Crippen LogP contribution is 2.29. The number of piperazine rings is 1. The normalized spacial score (nSPS) is 14.8. The van der Waals surface area contributed by atoms with Crippen LogP contribution in [0.3, 0.4) is 0 Å². The van der Waals surface area contributed by atoms with Gasteiger partial charge in [0.25, 0.3) is 0 Å². The molecule has 0 radical (unpaired) electrons. The lowest BCUT2D eigenvalue weighted by Gasteiger charge is -2.34. The maximum absolute atomic E-state index is 13.3. The molecular weight excluding hydrogens is 506 g/mol. The molecule has 6 rings (SSSR count). The SMILES string of the molecule is N#Cc1ccccc1S(=O)(=O)N1CCN(Cc2c(-c3ccccc3)nc3ccc(-c4ccccc4)cn23)CC1. The molecule has 0 bridgehead atoms. The van der Waals surface area contributed by atoms with Crippen LogP contribution in [0.25, 0.3) is 28.0 Å². The van der Waals surface area contributed by atoms with Crippen LogP contribution >= 0.6 is 0 Å². The fraction of sp³-hybridized carbons (Fsp3) is 0.161. The molecule has 0 saturated carbocycles. The maximum Gasteiger partial charge on any atom is 0.244 e. The topological polar surface area (TPSA) is 81.7 Å². The third-order valence-electron chi connectivity index (χ3n) is 7.20.